The number of ether oxygens (including phenoxy) is 6. The molecule has 2 saturated heterocycles. The second kappa shape index (κ2) is 21.3. The average Bonchev–Trinajstić information content (AvgIpc) is 4.13. The van der Waals surface area contributed by atoms with Gasteiger partial charge in [0.1, 0.15) is 48.4 Å². The molecule has 2 unspecified atom stereocenters. The summed E-state index contributed by atoms with van der Waals surface area (Å²) in [6.45, 7) is 8.44. The molecule has 0 aliphatic carbocycles. The second-order valence-electron chi connectivity index (χ2n) is 14.3. The lowest BCUT2D eigenvalue weighted by Gasteiger charge is -2.08. The van der Waals surface area contributed by atoms with Gasteiger partial charge in [-0.25, -0.2) is 0 Å². The minimum absolute atomic E-state index is 0.254. The van der Waals surface area contributed by atoms with Crippen molar-refractivity contribution in [2.45, 2.75) is 90.3 Å². The Morgan fingerprint density at radius 1 is 0.481 bits per heavy atom. The van der Waals surface area contributed by atoms with Crippen molar-refractivity contribution in [1.29, 1.82) is 0 Å². The third kappa shape index (κ3) is 14.3. The van der Waals surface area contributed by atoms with Gasteiger partial charge in [0.25, 0.3) is 0 Å². The van der Waals surface area contributed by atoms with Gasteiger partial charge in [-0.1, -0.05) is 51.4 Å². The number of benzene rings is 4. The number of aryl methyl sites for hydroxylation is 2. The fourth-order valence-corrected chi connectivity index (χ4v) is 6.02. The lowest BCUT2D eigenvalue weighted by atomic mass is 10.1. The van der Waals surface area contributed by atoms with E-state index in [-0.39, 0.29) is 12.2 Å². The minimum atomic E-state index is 0.254. The predicted octanol–water partition coefficient (Wildman–Crippen LogP) is 10.7. The predicted molar refractivity (Wildman–Crippen MR) is 217 cm³/mol. The first-order valence-electron chi connectivity index (χ1n) is 19.8. The highest BCUT2D eigenvalue weighted by molar-refractivity contribution is 5.83. The van der Waals surface area contributed by atoms with Crippen LogP contribution in [0.4, 0.5) is 11.4 Å². The molecule has 0 N–H and O–H groups in total. The summed E-state index contributed by atoms with van der Waals surface area (Å²) in [6, 6.07) is 28.3. The first-order valence-corrected chi connectivity index (χ1v) is 19.8. The molecule has 0 saturated carbocycles. The summed E-state index contributed by atoms with van der Waals surface area (Å²) < 4.78 is 33.9. The number of unbranched alkanes of at least 4 members (excludes halogenated alkanes) is 9. The van der Waals surface area contributed by atoms with E-state index < -0.39 is 0 Å². The Bertz CT molecular complexity index is 1630. The molecule has 6 rings (SSSR count). The Hall–Kier alpha value is -4.66. The molecule has 0 bridgehead atoms. The molecule has 0 spiro atoms. The van der Waals surface area contributed by atoms with Gasteiger partial charge in [-0.05, 0) is 134 Å². The molecule has 286 valence electrons. The van der Waals surface area contributed by atoms with E-state index >= 15 is 0 Å². The topological polar surface area (TPSA) is 86.7 Å². The van der Waals surface area contributed by atoms with E-state index in [4.69, 9.17) is 28.4 Å². The summed E-state index contributed by atoms with van der Waals surface area (Å²) in [5.41, 5.74) is 6.14. The summed E-state index contributed by atoms with van der Waals surface area (Å²) in [7, 11) is 0. The van der Waals surface area contributed by atoms with Crippen molar-refractivity contribution in [1.82, 2.24) is 0 Å². The zero-order chi connectivity index (χ0) is 37.2. The molecule has 2 atom stereocenters. The van der Waals surface area contributed by atoms with Gasteiger partial charge < -0.3 is 28.4 Å². The van der Waals surface area contributed by atoms with Crippen LogP contribution in [0.3, 0.4) is 0 Å². The molecule has 4 aromatic rings. The molecule has 0 radical (unpaired) electrons. The third-order valence-electron chi connectivity index (χ3n) is 9.55. The Balaban J connectivity index is 0.732. The number of hydrogen-bond donors (Lipinski definition) is 0. The second-order valence-corrected chi connectivity index (χ2v) is 14.3. The summed E-state index contributed by atoms with van der Waals surface area (Å²) >= 11 is 0. The van der Waals surface area contributed by atoms with Crippen molar-refractivity contribution < 1.29 is 28.4 Å². The van der Waals surface area contributed by atoms with Crippen LogP contribution in [0.5, 0.6) is 23.0 Å². The van der Waals surface area contributed by atoms with E-state index in [1.165, 1.54) is 51.4 Å². The smallest absolute Gasteiger partial charge is 0.119 e. The highest BCUT2D eigenvalue weighted by Gasteiger charge is 2.23. The first kappa shape index (κ1) is 39.0. The van der Waals surface area contributed by atoms with E-state index in [1.54, 1.807) is 0 Å². The highest BCUT2D eigenvalue weighted by atomic mass is 16.6. The fraction of sp³-hybridized carbons (Fsp3) is 0.435. The van der Waals surface area contributed by atoms with Crippen molar-refractivity contribution in [2.75, 3.05) is 39.6 Å². The maximum Gasteiger partial charge on any atom is 0.119 e. The van der Waals surface area contributed by atoms with E-state index in [0.29, 0.717) is 13.2 Å². The Morgan fingerprint density at radius 2 is 0.833 bits per heavy atom. The van der Waals surface area contributed by atoms with Gasteiger partial charge in [-0.3, -0.25) is 9.98 Å². The molecule has 4 aromatic carbocycles. The van der Waals surface area contributed by atoms with Crippen LogP contribution in [0.15, 0.2) is 94.9 Å². The number of epoxide rings is 2. The summed E-state index contributed by atoms with van der Waals surface area (Å²) in [4.78, 5) is 9.34. The molecular weight excluding hydrogens is 677 g/mol. The van der Waals surface area contributed by atoms with E-state index in [2.05, 4.69) is 48.1 Å². The molecule has 2 aliphatic rings. The lowest BCUT2D eigenvalue weighted by molar-refractivity contribution is 0.263. The van der Waals surface area contributed by atoms with E-state index in [9.17, 15) is 0 Å². The van der Waals surface area contributed by atoms with Gasteiger partial charge in [0.2, 0.25) is 0 Å². The van der Waals surface area contributed by atoms with Crippen LogP contribution in [0.2, 0.25) is 0 Å². The average molecular weight is 733 g/mol. The highest BCUT2D eigenvalue weighted by Crippen LogP contribution is 2.26. The molecule has 2 heterocycles. The summed E-state index contributed by atoms with van der Waals surface area (Å²) in [5, 5.41) is 0. The molecule has 8 heteroatoms. The maximum absolute atomic E-state index is 5.98. The maximum atomic E-state index is 5.98. The lowest BCUT2D eigenvalue weighted by Crippen LogP contribution is -2.03. The van der Waals surface area contributed by atoms with Gasteiger partial charge in [0.05, 0.1) is 37.8 Å². The Kier molecular flexibility index (Phi) is 15.4. The SMILES string of the molecule is Cc1cc(OCC2CO2)ccc1N=Cc1ccc(OCCCCCCCCCCCCOc2ccc(C=Nc3ccc(OCC4CO4)cc3C)cc2)cc1. The largest absolute Gasteiger partial charge is 0.494 e. The minimum Gasteiger partial charge on any atom is -0.494 e. The number of nitrogens with zero attached hydrogens (tertiary/aromatic N) is 2. The van der Waals surface area contributed by atoms with Crippen LogP contribution >= 0.6 is 0 Å². The van der Waals surface area contributed by atoms with Crippen LogP contribution in [-0.2, 0) is 9.47 Å². The van der Waals surface area contributed by atoms with Gasteiger partial charge in [0.15, 0.2) is 0 Å². The number of aliphatic imine (C=N–C) groups is 2. The zero-order valence-electron chi connectivity index (χ0n) is 32.0. The Labute approximate surface area is 321 Å². The standard InChI is InChI=1S/C46H56N2O6/c1-35-27-41(51-31-43-33-53-43)21-23-45(35)47-29-37-13-17-39(18-14-37)49-25-11-9-7-5-3-4-6-8-10-12-26-50-40-19-15-38(16-20-40)30-48-46-24-22-42(28-36(46)2)52-32-44-34-54-44/h13-24,27-30,43-44H,3-12,25-26,31-34H2,1-2H3. The van der Waals surface area contributed by atoms with Gasteiger partial charge in [-0.15, -0.1) is 0 Å². The summed E-state index contributed by atoms with van der Waals surface area (Å²) in [5.74, 6) is 3.54. The van der Waals surface area contributed by atoms with Gasteiger partial charge in [0, 0.05) is 12.4 Å². The number of hydrogen-bond acceptors (Lipinski definition) is 8. The van der Waals surface area contributed by atoms with Crippen LogP contribution < -0.4 is 18.9 Å². The van der Waals surface area contributed by atoms with Gasteiger partial charge >= 0.3 is 0 Å². The van der Waals surface area contributed by atoms with Crippen LogP contribution in [-0.4, -0.2) is 64.3 Å². The normalized spacial score (nSPS) is 16.2. The fourth-order valence-electron chi connectivity index (χ4n) is 6.02. The van der Waals surface area contributed by atoms with E-state index in [1.807, 2.05) is 73.1 Å². The van der Waals surface area contributed by atoms with Crippen molar-refractivity contribution >= 4 is 23.8 Å². The van der Waals surface area contributed by atoms with Crippen molar-refractivity contribution in [3.63, 3.8) is 0 Å². The van der Waals surface area contributed by atoms with Crippen molar-refractivity contribution in [3.8, 4) is 23.0 Å². The van der Waals surface area contributed by atoms with E-state index in [0.717, 1.165) is 95.9 Å². The van der Waals surface area contributed by atoms with Crippen molar-refractivity contribution in [2.24, 2.45) is 9.98 Å². The van der Waals surface area contributed by atoms with Crippen LogP contribution in [0.25, 0.3) is 0 Å². The molecule has 0 aromatic heterocycles. The number of rotatable bonds is 25. The third-order valence-corrected chi connectivity index (χ3v) is 9.55. The zero-order valence-corrected chi connectivity index (χ0v) is 32.0. The first-order chi connectivity index (χ1) is 26.6. The molecular formula is C46H56N2O6. The van der Waals surface area contributed by atoms with Crippen molar-refractivity contribution in [3.05, 3.63) is 107 Å². The summed E-state index contributed by atoms with van der Waals surface area (Å²) in [6.07, 6.45) is 16.7. The quantitative estimate of drug-likeness (QED) is 0.0383. The van der Waals surface area contributed by atoms with Crippen LogP contribution in [0.1, 0.15) is 86.5 Å². The monoisotopic (exact) mass is 732 g/mol. The molecule has 54 heavy (non-hydrogen) atoms. The molecule has 2 fully saturated rings. The van der Waals surface area contributed by atoms with Crippen LogP contribution in [0, 0.1) is 13.8 Å². The Morgan fingerprint density at radius 3 is 1.19 bits per heavy atom. The molecule has 2 aliphatic heterocycles. The molecule has 0 amide bonds. The molecule has 8 nitrogen and oxygen atoms in total. The van der Waals surface area contributed by atoms with Gasteiger partial charge in [-0.2, -0.15) is 0 Å².